The van der Waals surface area contributed by atoms with Crippen LogP contribution in [0.5, 0.6) is 0 Å². The molecule has 0 aliphatic carbocycles. The highest BCUT2D eigenvalue weighted by Crippen LogP contribution is 2.35. The number of amides is 1. The fraction of sp³-hybridized carbons (Fsp3) is 0.316. The molecule has 1 amide bonds. The molecule has 25 heavy (non-hydrogen) atoms. The van der Waals surface area contributed by atoms with Crippen LogP contribution in [0.15, 0.2) is 46.6 Å². The molecule has 0 bridgehead atoms. The van der Waals surface area contributed by atoms with Crippen molar-refractivity contribution in [1.82, 2.24) is 14.7 Å². The van der Waals surface area contributed by atoms with E-state index in [0.717, 1.165) is 19.4 Å². The van der Waals surface area contributed by atoms with E-state index in [9.17, 15) is 9.59 Å². The van der Waals surface area contributed by atoms with Gasteiger partial charge in [0.25, 0.3) is 11.5 Å². The summed E-state index contributed by atoms with van der Waals surface area (Å²) >= 11 is 1.68. The van der Waals surface area contributed by atoms with Gasteiger partial charge in [0.1, 0.15) is 0 Å². The monoisotopic (exact) mass is 353 g/mol. The molecule has 5 nitrogen and oxygen atoms in total. The van der Waals surface area contributed by atoms with Crippen molar-refractivity contribution < 1.29 is 4.79 Å². The third-order valence-corrected chi connectivity index (χ3v) is 5.73. The molecule has 0 saturated carbocycles. The quantitative estimate of drug-likeness (QED) is 0.725. The highest BCUT2D eigenvalue weighted by atomic mass is 32.1. The summed E-state index contributed by atoms with van der Waals surface area (Å²) in [6.07, 6.45) is 1.96. The number of hydrogen-bond donors (Lipinski definition) is 0. The number of rotatable bonds is 3. The summed E-state index contributed by atoms with van der Waals surface area (Å²) in [5.41, 5.74) is 0.228. The van der Waals surface area contributed by atoms with Crippen LogP contribution in [-0.2, 0) is 6.54 Å². The first kappa shape index (κ1) is 16.0. The van der Waals surface area contributed by atoms with Crippen molar-refractivity contribution in [2.75, 3.05) is 6.54 Å². The Hall–Kier alpha value is -2.47. The molecule has 0 spiro atoms. The second kappa shape index (κ2) is 6.44. The zero-order chi connectivity index (χ0) is 17.4. The molecule has 1 aromatic carbocycles. The van der Waals surface area contributed by atoms with Gasteiger partial charge in [-0.15, -0.1) is 11.3 Å². The van der Waals surface area contributed by atoms with Gasteiger partial charge in [0, 0.05) is 23.4 Å². The van der Waals surface area contributed by atoms with Crippen LogP contribution >= 0.6 is 11.3 Å². The minimum atomic E-state index is -0.147. The zero-order valence-corrected chi connectivity index (χ0v) is 14.8. The van der Waals surface area contributed by atoms with Crippen LogP contribution in [0.1, 0.15) is 41.2 Å². The van der Waals surface area contributed by atoms with Crippen LogP contribution in [0.25, 0.3) is 10.8 Å². The van der Waals surface area contributed by atoms with E-state index in [0.29, 0.717) is 23.0 Å². The lowest BCUT2D eigenvalue weighted by Crippen LogP contribution is -2.34. The van der Waals surface area contributed by atoms with Crippen LogP contribution < -0.4 is 5.56 Å². The Bertz CT molecular complexity index is 978. The third-order valence-electron chi connectivity index (χ3n) is 4.76. The Morgan fingerprint density at radius 1 is 1.24 bits per heavy atom. The molecule has 1 atom stereocenters. The Morgan fingerprint density at radius 2 is 2.04 bits per heavy atom. The van der Waals surface area contributed by atoms with E-state index in [-0.39, 0.29) is 17.5 Å². The lowest BCUT2D eigenvalue weighted by Gasteiger charge is -2.24. The number of hydrogen-bond acceptors (Lipinski definition) is 4. The van der Waals surface area contributed by atoms with Crippen LogP contribution in [0.4, 0.5) is 0 Å². The van der Waals surface area contributed by atoms with Crippen molar-refractivity contribution in [2.45, 2.75) is 32.4 Å². The average molecular weight is 353 g/mol. The van der Waals surface area contributed by atoms with Gasteiger partial charge in [-0.25, -0.2) is 4.68 Å². The second-order valence-electron chi connectivity index (χ2n) is 6.19. The Balaban J connectivity index is 1.82. The summed E-state index contributed by atoms with van der Waals surface area (Å²) in [7, 11) is 0. The van der Waals surface area contributed by atoms with E-state index in [1.807, 2.05) is 41.5 Å². The van der Waals surface area contributed by atoms with Gasteiger partial charge in [0.2, 0.25) is 0 Å². The van der Waals surface area contributed by atoms with Crippen LogP contribution in [0.2, 0.25) is 0 Å². The van der Waals surface area contributed by atoms with Gasteiger partial charge in [-0.3, -0.25) is 9.59 Å². The third kappa shape index (κ3) is 2.66. The number of likely N-dealkylation sites (tertiary alicyclic amines) is 1. The van der Waals surface area contributed by atoms with Gasteiger partial charge < -0.3 is 4.90 Å². The maximum atomic E-state index is 13.3. The fourth-order valence-corrected chi connectivity index (χ4v) is 4.40. The van der Waals surface area contributed by atoms with Crippen LogP contribution in [0, 0.1) is 0 Å². The van der Waals surface area contributed by atoms with Gasteiger partial charge >= 0.3 is 0 Å². The standard InChI is InChI=1S/C19H19N3O2S/c1-2-22-18(23)14-8-4-3-7-13(14)17(20-22)19(24)21-11-5-9-15(21)16-10-6-12-25-16/h3-4,6-8,10,12,15H,2,5,9,11H2,1H3. The van der Waals surface area contributed by atoms with E-state index in [1.54, 1.807) is 17.4 Å². The molecule has 6 heteroatoms. The molecule has 0 radical (unpaired) electrons. The van der Waals surface area contributed by atoms with Gasteiger partial charge in [-0.1, -0.05) is 24.3 Å². The largest absolute Gasteiger partial charge is 0.329 e. The molecule has 2 aromatic heterocycles. The van der Waals surface area contributed by atoms with E-state index < -0.39 is 0 Å². The summed E-state index contributed by atoms with van der Waals surface area (Å²) in [5.74, 6) is -0.0886. The first-order valence-corrected chi connectivity index (χ1v) is 9.43. The molecule has 4 rings (SSSR count). The number of nitrogens with zero attached hydrogens (tertiary/aromatic N) is 3. The van der Waals surface area contributed by atoms with Crippen molar-refractivity contribution in [1.29, 1.82) is 0 Å². The Morgan fingerprint density at radius 3 is 2.76 bits per heavy atom. The van der Waals surface area contributed by atoms with Crippen LogP contribution in [-0.4, -0.2) is 27.1 Å². The number of benzene rings is 1. The number of aryl methyl sites for hydroxylation is 1. The molecule has 3 aromatic rings. The maximum absolute atomic E-state index is 13.3. The molecule has 1 aliphatic heterocycles. The van der Waals surface area contributed by atoms with Crippen molar-refractivity contribution in [2.24, 2.45) is 0 Å². The van der Waals surface area contributed by atoms with Gasteiger partial charge in [0.15, 0.2) is 5.69 Å². The van der Waals surface area contributed by atoms with Gasteiger partial charge in [-0.05, 0) is 37.3 Å². The molecule has 0 N–H and O–H groups in total. The fourth-order valence-electron chi connectivity index (χ4n) is 3.53. The Labute approximate surface area is 149 Å². The predicted octanol–water partition coefficient (Wildman–Crippen LogP) is 3.46. The lowest BCUT2D eigenvalue weighted by molar-refractivity contribution is 0.0731. The average Bonchev–Trinajstić information content (AvgIpc) is 3.33. The first-order valence-electron chi connectivity index (χ1n) is 8.55. The Kier molecular flexibility index (Phi) is 4.13. The topological polar surface area (TPSA) is 55.2 Å². The number of carbonyl (C=O) groups excluding carboxylic acids is 1. The van der Waals surface area contributed by atoms with Crippen molar-refractivity contribution in [3.8, 4) is 0 Å². The normalized spacial score (nSPS) is 17.3. The number of fused-ring (bicyclic) bond motifs is 1. The molecule has 3 heterocycles. The van der Waals surface area contributed by atoms with Gasteiger partial charge in [-0.2, -0.15) is 5.10 Å². The van der Waals surface area contributed by atoms with Gasteiger partial charge in [0.05, 0.1) is 11.4 Å². The highest BCUT2D eigenvalue weighted by molar-refractivity contribution is 7.10. The van der Waals surface area contributed by atoms with E-state index in [1.165, 1.54) is 9.56 Å². The molecule has 1 aliphatic rings. The molecular formula is C19H19N3O2S. The smallest absolute Gasteiger partial charge is 0.275 e. The van der Waals surface area contributed by atoms with Crippen LogP contribution in [0.3, 0.4) is 0 Å². The van der Waals surface area contributed by atoms with E-state index >= 15 is 0 Å². The minimum absolute atomic E-state index is 0.0886. The summed E-state index contributed by atoms with van der Waals surface area (Å²) in [4.78, 5) is 28.9. The van der Waals surface area contributed by atoms with Crippen molar-refractivity contribution in [3.05, 3.63) is 62.7 Å². The SMILES string of the molecule is CCn1nc(C(=O)N2CCCC2c2cccs2)c2ccccc2c1=O. The maximum Gasteiger partial charge on any atom is 0.275 e. The minimum Gasteiger partial charge on any atom is -0.329 e. The first-order chi connectivity index (χ1) is 12.2. The van der Waals surface area contributed by atoms with E-state index in [2.05, 4.69) is 11.2 Å². The highest BCUT2D eigenvalue weighted by Gasteiger charge is 2.33. The molecule has 1 unspecified atom stereocenters. The number of aromatic nitrogens is 2. The molecule has 1 saturated heterocycles. The molecule has 128 valence electrons. The lowest BCUT2D eigenvalue weighted by atomic mass is 10.1. The number of thiophene rings is 1. The molecular weight excluding hydrogens is 334 g/mol. The van der Waals surface area contributed by atoms with Crippen molar-refractivity contribution in [3.63, 3.8) is 0 Å². The summed E-state index contributed by atoms with van der Waals surface area (Å²) in [6, 6.07) is 11.5. The second-order valence-corrected chi connectivity index (χ2v) is 7.17. The summed E-state index contributed by atoms with van der Waals surface area (Å²) in [5, 5.41) is 7.63. The zero-order valence-electron chi connectivity index (χ0n) is 14.0. The summed E-state index contributed by atoms with van der Waals surface area (Å²) < 4.78 is 1.38. The van der Waals surface area contributed by atoms with Crippen molar-refractivity contribution >= 4 is 28.0 Å². The number of carbonyl (C=O) groups is 1. The molecule has 1 fully saturated rings. The predicted molar refractivity (Wildman–Crippen MR) is 99.0 cm³/mol. The summed E-state index contributed by atoms with van der Waals surface area (Å²) in [6.45, 7) is 3.03. The van der Waals surface area contributed by atoms with E-state index in [4.69, 9.17) is 0 Å².